The molecule has 1 atom stereocenters. The van der Waals surface area contributed by atoms with Crippen molar-refractivity contribution in [2.45, 2.75) is 13.0 Å². The summed E-state index contributed by atoms with van der Waals surface area (Å²) in [5, 5.41) is 19.7. The SMILES string of the molecule is O=C(NCc1nnc2ccc(-c3ccsc3)nn12)C1CCOC1. The topological polar surface area (TPSA) is 81.4 Å². The summed E-state index contributed by atoms with van der Waals surface area (Å²) in [5.74, 6) is 0.543. The van der Waals surface area contributed by atoms with Crippen molar-refractivity contribution in [1.29, 1.82) is 0 Å². The van der Waals surface area contributed by atoms with Gasteiger partial charge in [-0.05, 0) is 30.0 Å². The Hall–Kier alpha value is -2.32. The van der Waals surface area contributed by atoms with Crippen LogP contribution in [0.4, 0.5) is 0 Å². The number of carbonyl (C=O) groups is 1. The van der Waals surface area contributed by atoms with Gasteiger partial charge in [-0.3, -0.25) is 4.79 Å². The van der Waals surface area contributed by atoms with Gasteiger partial charge in [0.1, 0.15) is 0 Å². The first-order valence-corrected chi connectivity index (χ1v) is 8.35. The van der Waals surface area contributed by atoms with Crippen LogP contribution < -0.4 is 5.32 Å². The number of thiophene rings is 1. The lowest BCUT2D eigenvalue weighted by Crippen LogP contribution is -2.31. The summed E-state index contributed by atoms with van der Waals surface area (Å²) in [5.41, 5.74) is 2.58. The van der Waals surface area contributed by atoms with Crippen LogP contribution in [-0.2, 0) is 16.1 Å². The third-order valence-electron chi connectivity index (χ3n) is 3.87. The maximum Gasteiger partial charge on any atom is 0.225 e. The van der Waals surface area contributed by atoms with Crippen LogP contribution in [0.5, 0.6) is 0 Å². The monoisotopic (exact) mass is 329 g/mol. The van der Waals surface area contributed by atoms with Crippen LogP contribution in [0.3, 0.4) is 0 Å². The smallest absolute Gasteiger partial charge is 0.225 e. The van der Waals surface area contributed by atoms with E-state index < -0.39 is 0 Å². The Balaban J connectivity index is 1.55. The quantitative estimate of drug-likeness (QED) is 0.784. The van der Waals surface area contributed by atoms with E-state index in [-0.39, 0.29) is 11.8 Å². The van der Waals surface area contributed by atoms with E-state index in [2.05, 4.69) is 20.6 Å². The second kappa shape index (κ2) is 6.05. The van der Waals surface area contributed by atoms with Crippen LogP contribution >= 0.6 is 11.3 Å². The molecule has 4 rings (SSSR count). The molecule has 1 aliphatic rings. The Bertz CT molecular complexity index is 824. The summed E-state index contributed by atoms with van der Waals surface area (Å²) < 4.78 is 6.92. The summed E-state index contributed by atoms with van der Waals surface area (Å²) >= 11 is 1.62. The number of hydrogen-bond acceptors (Lipinski definition) is 6. The molecule has 0 bridgehead atoms. The average molecular weight is 329 g/mol. The predicted octanol–water partition coefficient (Wildman–Crippen LogP) is 1.51. The highest BCUT2D eigenvalue weighted by Crippen LogP contribution is 2.20. The van der Waals surface area contributed by atoms with E-state index in [0.29, 0.717) is 31.2 Å². The zero-order valence-electron chi connectivity index (χ0n) is 12.3. The van der Waals surface area contributed by atoms with Crippen LogP contribution in [0.2, 0.25) is 0 Å². The number of fused-ring (bicyclic) bond motifs is 1. The lowest BCUT2D eigenvalue weighted by atomic mass is 10.1. The third-order valence-corrected chi connectivity index (χ3v) is 4.55. The first-order chi connectivity index (χ1) is 11.3. The van der Waals surface area contributed by atoms with Gasteiger partial charge >= 0.3 is 0 Å². The van der Waals surface area contributed by atoms with Gasteiger partial charge < -0.3 is 10.1 Å². The molecule has 7 nitrogen and oxygen atoms in total. The van der Waals surface area contributed by atoms with Crippen LogP contribution in [0.1, 0.15) is 12.2 Å². The summed E-state index contributed by atoms with van der Waals surface area (Å²) in [4.78, 5) is 12.1. The van der Waals surface area contributed by atoms with Crippen molar-refractivity contribution < 1.29 is 9.53 Å². The summed E-state index contributed by atoms with van der Waals surface area (Å²) in [6.07, 6.45) is 0.771. The maximum absolute atomic E-state index is 12.1. The van der Waals surface area contributed by atoms with Crippen LogP contribution in [0, 0.1) is 5.92 Å². The van der Waals surface area contributed by atoms with Gasteiger partial charge in [-0.25, -0.2) is 0 Å². The molecule has 1 unspecified atom stereocenters. The van der Waals surface area contributed by atoms with Gasteiger partial charge in [0.25, 0.3) is 0 Å². The summed E-state index contributed by atoms with van der Waals surface area (Å²) in [7, 11) is 0. The fourth-order valence-electron chi connectivity index (χ4n) is 2.56. The van der Waals surface area contributed by atoms with Gasteiger partial charge in [0.2, 0.25) is 5.91 Å². The Morgan fingerprint density at radius 1 is 1.39 bits per heavy atom. The maximum atomic E-state index is 12.1. The van der Waals surface area contributed by atoms with Gasteiger partial charge in [-0.2, -0.15) is 21.0 Å². The fourth-order valence-corrected chi connectivity index (χ4v) is 3.21. The number of carbonyl (C=O) groups excluding carboxylic acids is 1. The normalized spacial score (nSPS) is 17.7. The van der Waals surface area contributed by atoms with Crippen LogP contribution in [-0.4, -0.2) is 38.9 Å². The molecule has 1 saturated heterocycles. The minimum atomic E-state index is -0.0662. The minimum Gasteiger partial charge on any atom is -0.381 e. The molecule has 118 valence electrons. The van der Waals surface area contributed by atoms with Crippen molar-refractivity contribution in [2.24, 2.45) is 5.92 Å². The molecule has 0 saturated carbocycles. The second-order valence-corrected chi connectivity index (χ2v) is 6.18. The van der Waals surface area contributed by atoms with Crippen molar-refractivity contribution in [3.05, 3.63) is 34.8 Å². The Labute approximate surface area is 136 Å². The lowest BCUT2D eigenvalue weighted by molar-refractivity contribution is -0.125. The molecule has 1 aliphatic heterocycles. The third kappa shape index (κ3) is 2.82. The molecule has 3 aromatic heterocycles. The predicted molar refractivity (Wildman–Crippen MR) is 84.9 cm³/mol. The zero-order valence-corrected chi connectivity index (χ0v) is 13.1. The molecule has 1 fully saturated rings. The highest BCUT2D eigenvalue weighted by molar-refractivity contribution is 7.08. The molecule has 0 radical (unpaired) electrons. The molecule has 0 spiro atoms. The van der Waals surface area contributed by atoms with Gasteiger partial charge in [0.15, 0.2) is 11.5 Å². The van der Waals surface area contributed by atoms with Crippen LogP contribution in [0.25, 0.3) is 16.9 Å². The number of aromatic nitrogens is 4. The van der Waals surface area contributed by atoms with Crippen molar-refractivity contribution in [1.82, 2.24) is 25.1 Å². The Morgan fingerprint density at radius 2 is 2.35 bits per heavy atom. The van der Waals surface area contributed by atoms with Gasteiger partial charge in [0.05, 0.1) is 24.8 Å². The Kier molecular flexibility index (Phi) is 3.76. The first-order valence-electron chi connectivity index (χ1n) is 7.40. The molecule has 4 heterocycles. The largest absolute Gasteiger partial charge is 0.381 e. The van der Waals surface area contributed by atoms with Crippen LogP contribution in [0.15, 0.2) is 29.0 Å². The van der Waals surface area contributed by atoms with E-state index in [1.165, 1.54) is 0 Å². The molecule has 0 aliphatic carbocycles. The number of ether oxygens (including phenoxy) is 1. The van der Waals surface area contributed by atoms with Gasteiger partial charge in [-0.1, -0.05) is 0 Å². The minimum absolute atomic E-state index is 0.00626. The van der Waals surface area contributed by atoms with E-state index >= 15 is 0 Å². The number of nitrogens with zero attached hydrogens (tertiary/aromatic N) is 4. The van der Waals surface area contributed by atoms with E-state index in [0.717, 1.165) is 17.7 Å². The number of rotatable bonds is 4. The van der Waals surface area contributed by atoms with Crippen molar-refractivity contribution >= 4 is 22.9 Å². The molecule has 1 N–H and O–H groups in total. The standard InChI is InChI=1S/C15H15N5O2S/c21-15(10-3-5-22-8-10)16-7-14-18-17-13-2-1-12(19-20(13)14)11-4-6-23-9-11/h1-2,4,6,9-10H,3,5,7-8H2,(H,16,21). The second-order valence-electron chi connectivity index (χ2n) is 5.40. The van der Waals surface area contributed by atoms with Crippen molar-refractivity contribution in [3.8, 4) is 11.3 Å². The Morgan fingerprint density at radius 3 is 3.13 bits per heavy atom. The first kappa shape index (κ1) is 14.3. The number of amides is 1. The molecule has 1 amide bonds. The van der Waals surface area contributed by atoms with Crippen molar-refractivity contribution in [3.63, 3.8) is 0 Å². The van der Waals surface area contributed by atoms with E-state index in [1.54, 1.807) is 15.9 Å². The summed E-state index contributed by atoms with van der Waals surface area (Å²) in [6.45, 7) is 1.45. The molecule has 0 aromatic carbocycles. The fraction of sp³-hybridized carbons (Fsp3) is 0.333. The highest BCUT2D eigenvalue weighted by Gasteiger charge is 2.23. The van der Waals surface area contributed by atoms with Gasteiger partial charge in [-0.15, -0.1) is 10.2 Å². The highest BCUT2D eigenvalue weighted by atomic mass is 32.1. The summed E-state index contributed by atoms with van der Waals surface area (Å²) in [6, 6.07) is 5.82. The average Bonchev–Trinajstić information content (AvgIpc) is 3.33. The molecular weight excluding hydrogens is 314 g/mol. The number of hydrogen-bond donors (Lipinski definition) is 1. The van der Waals surface area contributed by atoms with E-state index in [1.807, 2.05) is 29.0 Å². The zero-order chi connectivity index (χ0) is 15.6. The molecule has 8 heteroatoms. The lowest BCUT2D eigenvalue weighted by Gasteiger charge is -2.08. The number of nitrogens with one attached hydrogen (secondary N) is 1. The molecule has 3 aromatic rings. The van der Waals surface area contributed by atoms with E-state index in [4.69, 9.17) is 4.74 Å². The molecule has 23 heavy (non-hydrogen) atoms. The van der Waals surface area contributed by atoms with Crippen molar-refractivity contribution in [2.75, 3.05) is 13.2 Å². The van der Waals surface area contributed by atoms with Gasteiger partial charge in [0, 0.05) is 17.6 Å². The van der Waals surface area contributed by atoms with E-state index in [9.17, 15) is 4.79 Å². The molecular formula is C15H15N5O2S.